The first kappa shape index (κ1) is 13.5. The minimum absolute atomic E-state index is 0.0174. The van der Waals surface area contributed by atoms with Crippen LogP contribution in [0.4, 0.5) is 0 Å². The lowest BCUT2D eigenvalue weighted by atomic mass is 10.1. The lowest BCUT2D eigenvalue weighted by molar-refractivity contribution is -0.133. The molecule has 1 aliphatic rings. The van der Waals surface area contributed by atoms with Gasteiger partial charge in [0.1, 0.15) is 6.04 Å². The van der Waals surface area contributed by atoms with Crippen LogP contribution < -0.4 is 5.32 Å². The molecular weight excluding hydrogens is 248 g/mol. The molecule has 1 aromatic heterocycles. The van der Waals surface area contributed by atoms with Crippen LogP contribution >= 0.6 is 0 Å². The number of hydrogen-bond acceptors (Lipinski definition) is 5. The van der Waals surface area contributed by atoms with Crippen molar-refractivity contribution in [2.24, 2.45) is 0 Å². The van der Waals surface area contributed by atoms with Crippen molar-refractivity contribution in [1.29, 1.82) is 0 Å². The first-order valence-corrected chi connectivity index (χ1v) is 6.54. The van der Waals surface area contributed by atoms with Crippen LogP contribution in [0.1, 0.15) is 32.0 Å². The van der Waals surface area contributed by atoms with Crippen LogP contribution in [-0.4, -0.2) is 46.0 Å². The monoisotopic (exact) mass is 266 g/mol. The number of nitrogens with one attached hydrogen (secondary N) is 1. The molecule has 2 heterocycles. The van der Waals surface area contributed by atoms with Crippen molar-refractivity contribution in [1.82, 2.24) is 20.4 Å². The molecule has 0 aromatic carbocycles. The van der Waals surface area contributed by atoms with Gasteiger partial charge in [-0.1, -0.05) is 18.5 Å². The molecule has 1 saturated heterocycles. The van der Waals surface area contributed by atoms with Gasteiger partial charge >= 0.3 is 0 Å². The Morgan fingerprint density at radius 1 is 1.53 bits per heavy atom. The van der Waals surface area contributed by atoms with Crippen LogP contribution in [0.25, 0.3) is 0 Å². The zero-order chi connectivity index (χ0) is 13.7. The van der Waals surface area contributed by atoms with Gasteiger partial charge in [-0.2, -0.15) is 4.98 Å². The fourth-order valence-corrected chi connectivity index (χ4v) is 2.14. The van der Waals surface area contributed by atoms with E-state index in [1.807, 2.05) is 6.92 Å². The van der Waals surface area contributed by atoms with Gasteiger partial charge in [0.05, 0.1) is 0 Å². The maximum Gasteiger partial charge on any atom is 0.245 e. The van der Waals surface area contributed by atoms with Gasteiger partial charge in [-0.25, -0.2) is 0 Å². The minimum Gasteiger partial charge on any atom is -0.344 e. The van der Waals surface area contributed by atoms with Crippen LogP contribution in [-0.2, 0) is 16.0 Å². The highest BCUT2D eigenvalue weighted by Crippen LogP contribution is 2.09. The molecule has 1 atom stereocenters. The van der Waals surface area contributed by atoms with Gasteiger partial charge < -0.3 is 14.7 Å². The largest absolute Gasteiger partial charge is 0.344 e. The molecule has 1 N–H and O–H groups in total. The van der Waals surface area contributed by atoms with E-state index in [0.717, 1.165) is 6.42 Å². The Hall–Kier alpha value is -1.92. The fourth-order valence-electron chi connectivity index (χ4n) is 2.14. The third kappa shape index (κ3) is 3.52. The molecule has 1 unspecified atom stereocenters. The molecule has 104 valence electrons. The lowest BCUT2D eigenvalue weighted by Crippen LogP contribution is -2.45. The Kier molecular flexibility index (Phi) is 4.48. The first-order valence-electron chi connectivity index (χ1n) is 6.54. The van der Waals surface area contributed by atoms with E-state index in [4.69, 9.17) is 0 Å². The van der Waals surface area contributed by atoms with E-state index >= 15 is 0 Å². The third-order valence-electron chi connectivity index (χ3n) is 3.14. The number of nitrogens with zero attached hydrogens (tertiary/aromatic N) is 3. The van der Waals surface area contributed by atoms with E-state index in [1.54, 1.807) is 4.90 Å². The van der Waals surface area contributed by atoms with Crippen molar-refractivity contribution in [2.45, 2.75) is 38.6 Å². The summed E-state index contributed by atoms with van der Waals surface area (Å²) in [6.45, 7) is 2.95. The number of amides is 2. The Morgan fingerprint density at radius 3 is 3.05 bits per heavy atom. The number of aromatic nitrogens is 2. The molecule has 19 heavy (non-hydrogen) atoms. The average Bonchev–Trinajstić information content (AvgIpc) is 2.86. The van der Waals surface area contributed by atoms with E-state index in [1.165, 1.54) is 6.39 Å². The molecule has 1 aromatic rings. The van der Waals surface area contributed by atoms with Gasteiger partial charge in [-0.15, -0.1) is 0 Å². The second-order valence-corrected chi connectivity index (χ2v) is 4.58. The van der Waals surface area contributed by atoms with E-state index in [2.05, 4.69) is 20.0 Å². The summed E-state index contributed by atoms with van der Waals surface area (Å²) < 4.78 is 4.65. The molecule has 1 fully saturated rings. The maximum atomic E-state index is 12.3. The predicted molar refractivity (Wildman–Crippen MR) is 66.0 cm³/mol. The Labute approximate surface area is 111 Å². The first-order chi connectivity index (χ1) is 9.20. The van der Waals surface area contributed by atoms with Crippen molar-refractivity contribution in [3.05, 3.63) is 12.2 Å². The van der Waals surface area contributed by atoms with E-state index in [-0.39, 0.29) is 11.8 Å². The maximum absolute atomic E-state index is 12.3. The summed E-state index contributed by atoms with van der Waals surface area (Å²) in [5.74, 6) is 0.494. The lowest BCUT2D eigenvalue weighted by Gasteiger charge is -2.23. The molecule has 0 aliphatic carbocycles. The Balaban J connectivity index is 1.97. The normalized spacial score (nSPS) is 20.3. The molecule has 2 amide bonds. The summed E-state index contributed by atoms with van der Waals surface area (Å²) in [6.07, 6.45) is 3.68. The summed E-state index contributed by atoms with van der Waals surface area (Å²) in [6, 6.07) is -0.398. The highest BCUT2D eigenvalue weighted by Gasteiger charge is 2.28. The van der Waals surface area contributed by atoms with Crippen LogP contribution in [0.15, 0.2) is 10.9 Å². The molecular formula is C12H18N4O3. The fraction of sp³-hybridized carbons (Fsp3) is 0.667. The van der Waals surface area contributed by atoms with E-state index < -0.39 is 6.04 Å². The molecule has 2 rings (SSSR count). The topological polar surface area (TPSA) is 88.3 Å². The molecule has 7 nitrogen and oxygen atoms in total. The molecule has 0 radical (unpaired) electrons. The van der Waals surface area contributed by atoms with Crippen LogP contribution in [0.2, 0.25) is 0 Å². The molecule has 1 aliphatic heterocycles. The second kappa shape index (κ2) is 6.31. The third-order valence-corrected chi connectivity index (χ3v) is 3.14. The quantitative estimate of drug-likeness (QED) is 0.818. The van der Waals surface area contributed by atoms with Crippen LogP contribution in [0.3, 0.4) is 0 Å². The second-order valence-electron chi connectivity index (χ2n) is 4.58. The molecule has 0 bridgehead atoms. The number of rotatable bonds is 5. The zero-order valence-electron chi connectivity index (χ0n) is 11.0. The van der Waals surface area contributed by atoms with Gasteiger partial charge in [0, 0.05) is 25.9 Å². The van der Waals surface area contributed by atoms with Crippen LogP contribution in [0, 0.1) is 0 Å². The highest BCUT2D eigenvalue weighted by atomic mass is 16.5. The number of carbonyl (C=O) groups is 2. The standard InChI is InChI=1S/C12H18N4O3/c1-2-3-9-12(18)16(7-5-11(17)14-9)6-4-10-13-8-19-15-10/h8-9H,2-7H2,1H3,(H,14,17). The van der Waals surface area contributed by atoms with E-state index in [0.29, 0.717) is 38.2 Å². The molecule has 0 saturated carbocycles. The number of hydrogen-bond donors (Lipinski definition) is 1. The highest BCUT2D eigenvalue weighted by molar-refractivity contribution is 5.89. The summed E-state index contributed by atoms with van der Waals surface area (Å²) in [4.78, 5) is 29.5. The Morgan fingerprint density at radius 2 is 2.37 bits per heavy atom. The smallest absolute Gasteiger partial charge is 0.245 e. The molecule has 7 heteroatoms. The zero-order valence-corrected chi connectivity index (χ0v) is 11.0. The van der Waals surface area contributed by atoms with Gasteiger partial charge in [0.15, 0.2) is 5.82 Å². The van der Waals surface area contributed by atoms with Crippen molar-refractivity contribution in [3.8, 4) is 0 Å². The Bertz CT molecular complexity index is 432. The number of carbonyl (C=O) groups excluding carboxylic acids is 2. The predicted octanol–water partition coefficient (Wildman–Crippen LogP) is 0.129. The van der Waals surface area contributed by atoms with Crippen molar-refractivity contribution in [3.63, 3.8) is 0 Å². The summed E-state index contributed by atoms with van der Waals surface area (Å²) >= 11 is 0. The summed E-state index contributed by atoms with van der Waals surface area (Å²) in [5, 5.41) is 6.49. The van der Waals surface area contributed by atoms with Crippen molar-refractivity contribution < 1.29 is 14.1 Å². The summed E-state index contributed by atoms with van der Waals surface area (Å²) in [5.41, 5.74) is 0. The van der Waals surface area contributed by atoms with Crippen molar-refractivity contribution >= 4 is 11.8 Å². The van der Waals surface area contributed by atoms with Crippen LogP contribution in [0.5, 0.6) is 0 Å². The summed E-state index contributed by atoms with van der Waals surface area (Å²) in [7, 11) is 0. The van der Waals surface area contributed by atoms with Gasteiger partial charge in [0.2, 0.25) is 18.2 Å². The van der Waals surface area contributed by atoms with E-state index in [9.17, 15) is 9.59 Å². The van der Waals surface area contributed by atoms with Gasteiger partial charge in [0.25, 0.3) is 0 Å². The minimum atomic E-state index is -0.398. The van der Waals surface area contributed by atoms with Crippen molar-refractivity contribution in [2.75, 3.05) is 13.1 Å². The van der Waals surface area contributed by atoms with Gasteiger partial charge in [-0.3, -0.25) is 9.59 Å². The van der Waals surface area contributed by atoms with Gasteiger partial charge in [-0.05, 0) is 6.42 Å². The average molecular weight is 266 g/mol. The molecule has 0 spiro atoms. The SMILES string of the molecule is CCCC1NC(=O)CCN(CCc2ncon2)C1=O.